The summed E-state index contributed by atoms with van der Waals surface area (Å²) in [5, 5.41) is 3.48. The highest BCUT2D eigenvalue weighted by Gasteiger charge is 2.29. The normalized spacial score (nSPS) is 18.9. The van der Waals surface area contributed by atoms with Crippen LogP contribution in [0, 0.1) is 0 Å². The standard InChI is InChI=1S/C20H21F2NO/c1-5-13(22)8-15-14-6-7-17-19(12(2)9-20(3,4)23-17)16(14)11-24-18(15)10-21/h5-9,23H,1,10-11H2,2-4H3/b13-8+. The number of ether oxygens (including phenoxy) is 1. The Morgan fingerprint density at radius 2 is 2.17 bits per heavy atom. The van der Waals surface area contributed by atoms with Crippen LogP contribution in [0.15, 0.2) is 48.5 Å². The molecule has 0 radical (unpaired) electrons. The number of anilines is 1. The average Bonchev–Trinajstić information content (AvgIpc) is 2.52. The lowest BCUT2D eigenvalue weighted by Crippen LogP contribution is -2.32. The van der Waals surface area contributed by atoms with Gasteiger partial charge in [0, 0.05) is 22.4 Å². The number of fused-ring (bicyclic) bond motifs is 3. The highest BCUT2D eigenvalue weighted by Crippen LogP contribution is 2.42. The number of hydrogen-bond acceptors (Lipinski definition) is 2. The van der Waals surface area contributed by atoms with Gasteiger partial charge < -0.3 is 10.1 Å². The van der Waals surface area contributed by atoms with Crippen LogP contribution >= 0.6 is 0 Å². The van der Waals surface area contributed by atoms with Crippen LogP contribution in [-0.2, 0) is 11.3 Å². The van der Waals surface area contributed by atoms with Gasteiger partial charge in [-0.05, 0) is 50.1 Å². The maximum absolute atomic E-state index is 13.7. The molecular formula is C20H21F2NO. The molecule has 0 bridgehead atoms. The molecule has 0 aliphatic carbocycles. The minimum atomic E-state index is -0.771. The van der Waals surface area contributed by atoms with E-state index < -0.39 is 12.5 Å². The summed E-state index contributed by atoms with van der Waals surface area (Å²) in [6.07, 6.45) is 4.54. The molecule has 0 aromatic heterocycles. The van der Waals surface area contributed by atoms with Gasteiger partial charge >= 0.3 is 0 Å². The molecule has 0 atom stereocenters. The van der Waals surface area contributed by atoms with Crippen LogP contribution in [0.5, 0.6) is 0 Å². The van der Waals surface area contributed by atoms with Crippen molar-refractivity contribution in [2.24, 2.45) is 0 Å². The molecular weight excluding hydrogens is 308 g/mol. The third-order valence-corrected chi connectivity index (χ3v) is 4.32. The summed E-state index contributed by atoms with van der Waals surface area (Å²) < 4.78 is 32.6. The molecule has 1 aromatic carbocycles. The molecule has 1 aromatic rings. The summed E-state index contributed by atoms with van der Waals surface area (Å²) in [4.78, 5) is 0. The number of hydrogen-bond donors (Lipinski definition) is 1. The number of allylic oxidation sites excluding steroid dienone is 6. The van der Waals surface area contributed by atoms with Crippen LogP contribution in [0.2, 0.25) is 0 Å². The summed E-state index contributed by atoms with van der Waals surface area (Å²) in [5.74, 6) is -0.359. The number of benzene rings is 1. The molecule has 0 saturated heterocycles. The minimum Gasteiger partial charge on any atom is -0.490 e. The first-order chi connectivity index (χ1) is 11.4. The molecule has 2 nitrogen and oxygen atoms in total. The fraction of sp³-hybridized carbons (Fsp3) is 0.300. The molecule has 0 unspecified atom stereocenters. The van der Waals surface area contributed by atoms with Crippen molar-refractivity contribution in [3.63, 3.8) is 0 Å². The molecule has 0 spiro atoms. The van der Waals surface area contributed by atoms with E-state index >= 15 is 0 Å². The number of halogens is 2. The first-order valence-corrected chi connectivity index (χ1v) is 7.92. The van der Waals surface area contributed by atoms with Crippen LogP contribution < -0.4 is 5.32 Å². The van der Waals surface area contributed by atoms with Gasteiger partial charge in [-0.15, -0.1) is 0 Å². The van der Waals surface area contributed by atoms with Crippen molar-refractivity contribution in [2.75, 3.05) is 12.0 Å². The van der Waals surface area contributed by atoms with E-state index in [-0.39, 0.29) is 17.9 Å². The zero-order chi connectivity index (χ0) is 17.5. The molecule has 4 heteroatoms. The lowest BCUT2D eigenvalue weighted by atomic mass is 9.84. The van der Waals surface area contributed by atoms with Crippen molar-refractivity contribution in [1.29, 1.82) is 0 Å². The van der Waals surface area contributed by atoms with E-state index in [4.69, 9.17) is 4.74 Å². The first-order valence-electron chi connectivity index (χ1n) is 7.92. The molecule has 0 saturated carbocycles. The van der Waals surface area contributed by atoms with Crippen molar-refractivity contribution in [1.82, 2.24) is 0 Å². The van der Waals surface area contributed by atoms with Gasteiger partial charge in [0.25, 0.3) is 0 Å². The van der Waals surface area contributed by atoms with E-state index in [1.54, 1.807) is 0 Å². The molecule has 1 N–H and O–H groups in total. The van der Waals surface area contributed by atoms with Gasteiger partial charge in [0.1, 0.15) is 24.9 Å². The van der Waals surface area contributed by atoms with Crippen LogP contribution in [0.25, 0.3) is 11.1 Å². The largest absolute Gasteiger partial charge is 0.490 e. The minimum absolute atomic E-state index is 0.140. The summed E-state index contributed by atoms with van der Waals surface area (Å²) in [6.45, 7) is 9.17. The molecule has 3 rings (SSSR count). The highest BCUT2D eigenvalue weighted by molar-refractivity contribution is 5.89. The van der Waals surface area contributed by atoms with Crippen molar-refractivity contribution in [3.8, 4) is 0 Å². The molecule has 24 heavy (non-hydrogen) atoms. The first kappa shape index (κ1) is 16.5. The third kappa shape index (κ3) is 2.77. The topological polar surface area (TPSA) is 21.3 Å². The number of rotatable bonds is 3. The maximum atomic E-state index is 13.7. The second-order valence-corrected chi connectivity index (χ2v) is 6.68. The monoisotopic (exact) mass is 329 g/mol. The summed E-state index contributed by atoms with van der Waals surface area (Å²) in [5.41, 5.74) is 5.25. The highest BCUT2D eigenvalue weighted by atomic mass is 19.1. The Morgan fingerprint density at radius 1 is 1.42 bits per heavy atom. The Labute approximate surface area is 141 Å². The van der Waals surface area contributed by atoms with Gasteiger partial charge in [-0.1, -0.05) is 18.7 Å². The van der Waals surface area contributed by atoms with Crippen molar-refractivity contribution < 1.29 is 13.5 Å². The lowest BCUT2D eigenvalue weighted by molar-refractivity contribution is 0.174. The Kier molecular flexibility index (Phi) is 4.08. The predicted molar refractivity (Wildman–Crippen MR) is 94.9 cm³/mol. The Balaban J connectivity index is 2.22. The maximum Gasteiger partial charge on any atom is 0.147 e. The second kappa shape index (κ2) is 5.93. The third-order valence-electron chi connectivity index (χ3n) is 4.32. The van der Waals surface area contributed by atoms with Gasteiger partial charge in [-0.2, -0.15) is 0 Å². The van der Waals surface area contributed by atoms with Crippen molar-refractivity contribution in [2.45, 2.75) is 32.9 Å². The van der Waals surface area contributed by atoms with Crippen LogP contribution in [0.4, 0.5) is 14.5 Å². The second-order valence-electron chi connectivity index (χ2n) is 6.68. The van der Waals surface area contributed by atoms with E-state index in [2.05, 4.69) is 38.7 Å². The van der Waals surface area contributed by atoms with E-state index in [1.807, 2.05) is 12.1 Å². The van der Waals surface area contributed by atoms with Gasteiger partial charge in [-0.25, -0.2) is 8.78 Å². The predicted octanol–water partition coefficient (Wildman–Crippen LogP) is 5.54. The summed E-state index contributed by atoms with van der Waals surface area (Å²) in [7, 11) is 0. The Bertz CT molecular complexity index is 800. The Morgan fingerprint density at radius 3 is 2.83 bits per heavy atom. The van der Waals surface area contributed by atoms with E-state index in [0.29, 0.717) is 5.57 Å². The SMILES string of the molecule is C=C/C(F)=C\C1=C(CF)OCc2c1ccc1c2C(C)=CC(C)(C)N1. The van der Waals surface area contributed by atoms with Gasteiger partial charge in [0.05, 0.1) is 5.54 Å². The molecule has 2 aliphatic rings. The average molecular weight is 329 g/mol. The van der Waals surface area contributed by atoms with Crippen molar-refractivity contribution in [3.05, 3.63) is 65.2 Å². The van der Waals surface area contributed by atoms with Gasteiger partial charge in [0.2, 0.25) is 0 Å². The van der Waals surface area contributed by atoms with Crippen LogP contribution in [0.3, 0.4) is 0 Å². The Hall–Kier alpha value is -2.36. The fourth-order valence-electron chi connectivity index (χ4n) is 3.45. The zero-order valence-electron chi connectivity index (χ0n) is 14.2. The van der Waals surface area contributed by atoms with E-state index in [1.165, 1.54) is 6.08 Å². The number of nitrogens with one attached hydrogen (secondary N) is 1. The van der Waals surface area contributed by atoms with Crippen LogP contribution in [0.1, 0.15) is 37.5 Å². The zero-order valence-corrected chi connectivity index (χ0v) is 14.2. The van der Waals surface area contributed by atoms with E-state index in [9.17, 15) is 8.78 Å². The van der Waals surface area contributed by atoms with Gasteiger partial charge in [0.15, 0.2) is 0 Å². The van der Waals surface area contributed by atoms with Crippen molar-refractivity contribution >= 4 is 16.8 Å². The molecule has 2 heterocycles. The van der Waals surface area contributed by atoms with Crippen LogP contribution in [-0.4, -0.2) is 12.2 Å². The summed E-state index contributed by atoms with van der Waals surface area (Å²) in [6, 6.07) is 3.86. The number of alkyl halides is 1. The summed E-state index contributed by atoms with van der Waals surface area (Å²) >= 11 is 0. The van der Waals surface area contributed by atoms with Gasteiger partial charge in [-0.3, -0.25) is 0 Å². The molecule has 0 amide bonds. The molecule has 126 valence electrons. The molecule has 0 fully saturated rings. The smallest absolute Gasteiger partial charge is 0.147 e. The van der Waals surface area contributed by atoms with E-state index in [0.717, 1.165) is 34.0 Å². The molecule has 2 aliphatic heterocycles. The quantitative estimate of drug-likeness (QED) is 0.735. The lowest BCUT2D eigenvalue weighted by Gasteiger charge is -2.34. The fourth-order valence-corrected chi connectivity index (χ4v) is 3.45.